The number of nitrogens with zero attached hydrogens (tertiary/aromatic N) is 1. The minimum absolute atomic E-state index is 0.495. The standard InChI is InChI=1S/C12H10N2O3/c1-7-9(6-11-13-12(15)17-14-11)8-4-2-3-5-10(8)16-7/h2-5H,6H2,1H3,(H,13,14,15). The summed E-state index contributed by atoms with van der Waals surface area (Å²) in [5.74, 6) is 0.796. The van der Waals surface area contributed by atoms with Gasteiger partial charge in [-0.3, -0.25) is 9.51 Å². The third kappa shape index (κ3) is 1.65. The summed E-state index contributed by atoms with van der Waals surface area (Å²) in [6.07, 6.45) is 0.495. The van der Waals surface area contributed by atoms with E-state index in [1.807, 2.05) is 31.2 Å². The Kier molecular flexibility index (Phi) is 2.11. The maximum atomic E-state index is 10.9. The van der Waals surface area contributed by atoms with E-state index in [0.717, 1.165) is 22.3 Å². The Morgan fingerprint density at radius 2 is 2.18 bits per heavy atom. The number of aromatic amines is 1. The fourth-order valence-electron chi connectivity index (χ4n) is 1.94. The molecule has 0 aliphatic heterocycles. The molecule has 0 atom stereocenters. The first-order valence-electron chi connectivity index (χ1n) is 5.26. The van der Waals surface area contributed by atoms with Crippen LogP contribution in [0.5, 0.6) is 0 Å². The van der Waals surface area contributed by atoms with Crippen molar-refractivity contribution in [2.45, 2.75) is 13.3 Å². The molecule has 0 fully saturated rings. The van der Waals surface area contributed by atoms with Gasteiger partial charge >= 0.3 is 5.76 Å². The zero-order valence-corrected chi connectivity index (χ0v) is 9.19. The summed E-state index contributed by atoms with van der Waals surface area (Å²) in [6, 6.07) is 7.77. The second-order valence-electron chi connectivity index (χ2n) is 3.85. The molecule has 0 radical (unpaired) electrons. The number of para-hydroxylation sites is 1. The number of hydrogen-bond donors (Lipinski definition) is 1. The van der Waals surface area contributed by atoms with Crippen molar-refractivity contribution in [3.63, 3.8) is 0 Å². The van der Waals surface area contributed by atoms with Crippen LogP contribution in [0.4, 0.5) is 0 Å². The Labute approximate surface area is 96.0 Å². The fraction of sp³-hybridized carbons (Fsp3) is 0.167. The van der Waals surface area contributed by atoms with Crippen molar-refractivity contribution in [2.24, 2.45) is 0 Å². The van der Waals surface area contributed by atoms with E-state index >= 15 is 0 Å². The SMILES string of the molecule is Cc1oc2ccccc2c1Cc1noc(=O)[nH]1. The van der Waals surface area contributed by atoms with Crippen molar-refractivity contribution in [2.75, 3.05) is 0 Å². The molecule has 5 heteroatoms. The number of fused-ring (bicyclic) bond motifs is 1. The number of benzene rings is 1. The lowest BCUT2D eigenvalue weighted by Crippen LogP contribution is -1.98. The molecule has 0 saturated heterocycles. The molecule has 0 unspecified atom stereocenters. The molecule has 3 aromatic rings. The lowest BCUT2D eigenvalue weighted by molar-refractivity contribution is 0.382. The van der Waals surface area contributed by atoms with E-state index in [0.29, 0.717) is 12.2 Å². The fourth-order valence-corrected chi connectivity index (χ4v) is 1.94. The van der Waals surface area contributed by atoms with E-state index in [1.54, 1.807) is 0 Å². The summed E-state index contributed by atoms with van der Waals surface area (Å²) in [5.41, 5.74) is 1.86. The van der Waals surface area contributed by atoms with Gasteiger partial charge in [0.1, 0.15) is 11.3 Å². The molecule has 0 spiro atoms. The van der Waals surface area contributed by atoms with Crippen LogP contribution in [0.2, 0.25) is 0 Å². The zero-order valence-electron chi connectivity index (χ0n) is 9.19. The van der Waals surface area contributed by atoms with Crippen LogP contribution in [0.15, 0.2) is 38.0 Å². The average Bonchev–Trinajstić information content (AvgIpc) is 2.85. The van der Waals surface area contributed by atoms with Crippen LogP contribution >= 0.6 is 0 Å². The number of rotatable bonds is 2. The molecule has 0 aliphatic rings. The maximum absolute atomic E-state index is 10.9. The van der Waals surface area contributed by atoms with Crippen molar-refractivity contribution in [3.8, 4) is 0 Å². The molecule has 1 N–H and O–H groups in total. The minimum atomic E-state index is -0.537. The zero-order chi connectivity index (χ0) is 11.8. The Morgan fingerprint density at radius 1 is 1.35 bits per heavy atom. The molecule has 0 saturated carbocycles. The molecule has 3 rings (SSSR count). The number of H-pyrrole nitrogens is 1. The number of nitrogens with one attached hydrogen (secondary N) is 1. The molecule has 2 aromatic heterocycles. The summed E-state index contributed by atoms with van der Waals surface area (Å²) >= 11 is 0. The Hall–Kier alpha value is -2.30. The predicted molar refractivity (Wildman–Crippen MR) is 60.9 cm³/mol. The van der Waals surface area contributed by atoms with Crippen molar-refractivity contribution in [3.05, 3.63) is 52.0 Å². The highest BCUT2D eigenvalue weighted by Crippen LogP contribution is 2.26. The van der Waals surface area contributed by atoms with Gasteiger partial charge in [0.15, 0.2) is 5.82 Å². The normalized spacial score (nSPS) is 11.1. The molecular formula is C12H10N2O3. The number of aryl methyl sites for hydroxylation is 1. The molecule has 86 valence electrons. The average molecular weight is 230 g/mol. The van der Waals surface area contributed by atoms with E-state index in [1.165, 1.54) is 0 Å². The van der Waals surface area contributed by atoms with Crippen LogP contribution in [-0.4, -0.2) is 10.1 Å². The molecule has 0 amide bonds. The van der Waals surface area contributed by atoms with Crippen molar-refractivity contribution < 1.29 is 8.94 Å². The summed E-state index contributed by atoms with van der Waals surface area (Å²) in [7, 11) is 0. The topological polar surface area (TPSA) is 72.0 Å². The van der Waals surface area contributed by atoms with Gasteiger partial charge in [0.2, 0.25) is 0 Å². The molecule has 1 aromatic carbocycles. The summed E-state index contributed by atoms with van der Waals surface area (Å²) in [6.45, 7) is 1.90. The van der Waals surface area contributed by atoms with E-state index in [4.69, 9.17) is 4.42 Å². The van der Waals surface area contributed by atoms with Crippen LogP contribution in [0, 0.1) is 6.92 Å². The number of furan rings is 1. The minimum Gasteiger partial charge on any atom is -0.461 e. The summed E-state index contributed by atoms with van der Waals surface area (Å²) < 4.78 is 10.1. The van der Waals surface area contributed by atoms with Crippen LogP contribution < -0.4 is 5.76 Å². The molecule has 0 bridgehead atoms. The van der Waals surface area contributed by atoms with Crippen molar-refractivity contribution in [1.82, 2.24) is 10.1 Å². The third-order valence-electron chi connectivity index (χ3n) is 2.73. The highest BCUT2D eigenvalue weighted by molar-refractivity contribution is 5.82. The van der Waals surface area contributed by atoms with Gasteiger partial charge in [0.25, 0.3) is 0 Å². The number of aromatic nitrogens is 2. The number of hydrogen-bond acceptors (Lipinski definition) is 4. The maximum Gasteiger partial charge on any atom is 0.438 e. The van der Waals surface area contributed by atoms with Gasteiger partial charge in [0.05, 0.1) is 0 Å². The Bertz CT molecular complexity index is 721. The van der Waals surface area contributed by atoms with E-state index in [2.05, 4.69) is 14.7 Å². The lowest BCUT2D eigenvalue weighted by atomic mass is 10.1. The Balaban J connectivity index is 2.10. The molecular weight excluding hydrogens is 220 g/mol. The van der Waals surface area contributed by atoms with E-state index < -0.39 is 5.76 Å². The smallest absolute Gasteiger partial charge is 0.438 e. The lowest BCUT2D eigenvalue weighted by Gasteiger charge is -1.94. The predicted octanol–water partition coefficient (Wildman–Crippen LogP) is 2.01. The van der Waals surface area contributed by atoms with Crippen LogP contribution in [0.1, 0.15) is 17.1 Å². The second-order valence-corrected chi connectivity index (χ2v) is 3.85. The first-order valence-corrected chi connectivity index (χ1v) is 5.26. The quantitative estimate of drug-likeness (QED) is 0.730. The van der Waals surface area contributed by atoms with Crippen LogP contribution in [-0.2, 0) is 6.42 Å². The van der Waals surface area contributed by atoms with E-state index in [-0.39, 0.29) is 0 Å². The third-order valence-corrected chi connectivity index (χ3v) is 2.73. The second kappa shape index (κ2) is 3.62. The van der Waals surface area contributed by atoms with Crippen molar-refractivity contribution in [1.29, 1.82) is 0 Å². The largest absolute Gasteiger partial charge is 0.461 e. The van der Waals surface area contributed by atoms with Gasteiger partial charge in [-0.05, 0) is 13.0 Å². The monoisotopic (exact) mass is 230 g/mol. The highest BCUT2D eigenvalue weighted by Gasteiger charge is 2.12. The Morgan fingerprint density at radius 3 is 2.94 bits per heavy atom. The van der Waals surface area contributed by atoms with Gasteiger partial charge < -0.3 is 4.42 Å². The molecule has 2 heterocycles. The summed E-state index contributed by atoms with van der Waals surface area (Å²) in [5, 5.41) is 4.69. The summed E-state index contributed by atoms with van der Waals surface area (Å²) in [4.78, 5) is 13.4. The van der Waals surface area contributed by atoms with Gasteiger partial charge in [-0.1, -0.05) is 23.4 Å². The van der Waals surface area contributed by atoms with Crippen LogP contribution in [0.3, 0.4) is 0 Å². The van der Waals surface area contributed by atoms with Crippen LogP contribution in [0.25, 0.3) is 11.0 Å². The van der Waals surface area contributed by atoms with Gasteiger partial charge in [-0.2, -0.15) is 0 Å². The first-order chi connectivity index (χ1) is 8.24. The van der Waals surface area contributed by atoms with Gasteiger partial charge in [-0.15, -0.1) is 0 Å². The molecule has 17 heavy (non-hydrogen) atoms. The molecule has 5 nitrogen and oxygen atoms in total. The van der Waals surface area contributed by atoms with Crippen molar-refractivity contribution >= 4 is 11.0 Å². The van der Waals surface area contributed by atoms with Gasteiger partial charge in [0, 0.05) is 17.4 Å². The molecule has 0 aliphatic carbocycles. The highest BCUT2D eigenvalue weighted by atomic mass is 16.5. The van der Waals surface area contributed by atoms with Gasteiger partial charge in [-0.25, -0.2) is 4.79 Å². The van der Waals surface area contributed by atoms with E-state index in [9.17, 15) is 4.79 Å². The first kappa shape index (κ1) is 9.89.